The standard InChI is InChI=1S/C15H26N2O2/c1-4-19-12-14-8-6-5-7-13(14)9-16-10-15(18)11-17(2)3/h5-8,15-16,18H,4,9-12H2,1-3H3. The van der Waals surface area contributed by atoms with Crippen molar-refractivity contribution in [1.82, 2.24) is 10.2 Å². The van der Waals surface area contributed by atoms with Crippen molar-refractivity contribution < 1.29 is 9.84 Å². The first-order chi connectivity index (χ1) is 9.13. The van der Waals surface area contributed by atoms with Gasteiger partial charge in [0.25, 0.3) is 0 Å². The molecular formula is C15H26N2O2. The molecule has 1 unspecified atom stereocenters. The minimum atomic E-state index is -0.339. The molecule has 4 nitrogen and oxygen atoms in total. The number of hydrogen-bond acceptors (Lipinski definition) is 4. The van der Waals surface area contributed by atoms with E-state index < -0.39 is 0 Å². The fourth-order valence-corrected chi connectivity index (χ4v) is 1.94. The van der Waals surface area contributed by atoms with E-state index in [-0.39, 0.29) is 6.10 Å². The highest BCUT2D eigenvalue weighted by atomic mass is 16.5. The number of nitrogens with one attached hydrogen (secondary N) is 1. The second-order valence-electron chi connectivity index (χ2n) is 4.95. The fourth-order valence-electron chi connectivity index (χ4n) is 1.94. The largest absolute Gasteiger partial charge is 0.390 e. The summed E-state index contributed by atoms with van der Waals surface area (Å²) in [6.45, 7) is 5.40. The first-order valence-electron chi connectivity index (χ1n) is 6.81. The summed E-state index contributed by atoms with van der Waals surface area (Å²) < 4.78 is 5.46. The molecule has 0 radical (unpaired) electrons. The molecule has 0 aliphatic rings. The van der Waals surface area contributed by atoms with Crippen molar-refractivity contribution in [2.45, 2.75) is 26.2 Å². The molecule has 1 atom stereocenters. The Labute approximate surface area is 116 Å². The molecule has 0 saturated carbocycles. The summed E-state index contributed by atoms with van der Waals surface area (Å²) in [4.78, 5) is 1.98. The van der Waals surface area contributed by atoms with Gasteiger partial charge in [-0.3, -0.25) is 0 Å². The monoisotopic (exact) mass is 266 g/mol. The topological polar surface area (TPSA) is 44.7 Å². The molecule has 0 saturated heterocycles. The van der Waals surface area contributed by atoms with Crippen LogP contribution >= 0.6 is 0 Å². The third kappa shape index (κ3) is 6.68. The van der Waals surface area contributed by atoms with E-state index in [1.807, 2.05) is 38.1 Å². The lowest BCUT2D eigenvalue weighted by molar-refractivity contribution is 0.131. The van der Waals surface area contributed by atoms with Crippen LogP contribution in [0.2, 0.25) is 0 Å². The van der Waals surface area contributed by atoms with Gasteiger partial charge >= 0.3 is 0 Å². The molecule has 0 amide bonds. The van der Waals surface area contributed by atoms with Gasteiger partial charge in [0.1, 0.15) is 0 Å². The van der Waals surface area contributed by atoms with Gasteiger partial charge in [0, 0.05) is 26.2 Å². The van der Waals surface area contributed by atoms with E-state index in [4.69, 9.17) is 4.74 Å². The molecule has 0 aromatic heterocycles. The van der Waals surface area contributed by atoms with Crippen LogP contribution in [0, 0.1) is 0 Å². The van der Waals surface area contributed by atoms with Crippen molar-refractivity contribution >= 4 is 0 Å². The van der Waals surface area contributed by atoms with Crippen molar-refractivity contribution in [3.63, 3.8) is 0 Å². The quantitative estimate of drug-likeness (QED) is 0.706. The molecule has 0 aliphatic heterocycles. The number of aliphatic hydroxyl groups is 1. The van der Waals surface area contributed by atoms with Gasteiger partial charge in [-0.2, -0.15) is 0 Å². The number of hydrogen-bond donors (Lipinski definition) is 2. The Bertz CT molecular complexity index is 356. The molecule has 0 bridgehead atoms. The Kier molecular flexibility index (Phi) is 7.67. The van der Waals surface area contributed by atoms with Crippen LogP contribution in [0.15, 0.2) is 24.3 Å². The Balaban J connectivity index is 2.39. The molecule has 0 aliphatic carbocycles. The van der Waals surface area contributed by atoms with E-state index in [0.717, 1.165) is 13.2 Å². The van der Waals surface area contributed by atoms with E-state index in [1.165, 1.54) is 11.1 Å². The zero-order valence-corrected chi connectivity index (χ0v) is 12.2. The second kappa shape index (κ2) is 9.04. The third-order valence-electron chi connectivity index (χ3n) is 2.85. The smallest absolute Gasteiger partial charge is 0.0791 e. The fraction of sp³-hybridized carbons (Fsp3) is 0.600. The summed E-state index contributed by atoms with van der Waals surface area (Å²) in [5.41, 5.74) is 2.44. The molecule has 2 N–H and O–H groups in total. The zero-order valence-electron chi connectivity index (χ0n) is 12.2. The predicted octanol–water partition coefficient (Wildman–Crippen LogP) is 1.24. The summed E-state index contributed by atoms with van der Waals surface area (Å²) in [6, 6.07) is 8.24. The van der Waals surface area contributed by atoms with Gasteiger partial charge in [-0.25, -0.2) is 0 Å². The van der Waals surface area contributed by atoms with E-state index in [1.54, 1.807) is 0 Å². The summed E-state index contributed by atoms with van der Waals surface area (Å²) in [5, 5.41) is 13.1. The normalized spacial score (nSPS) is 12.9. The molecule has 1 rings (SSSR count). The minimum Gasteiger partial charge on any atom is -0.390 e. The average molecular weight is 266 g/mol. The Morgan fingerprint density at radius 3 is 2.58 bits per heavy atom. The van der Waals surface area contributed by atoms with Crippen molar-refractivity contribution in [3.8, 4) is 0 Å². The molecule has 0 heterocycles. The molecule has 1 aromatic rings. The van der Waals surface area contributed by atoms with Crippen molar-refractivity contribution in [2.24, 2.45) is 0 Å². The Morgan fingerprint density at radius 2 is 1.95 bits per heavy atom. The van der Waals surface area contributed by atoms with Crippen LogP contribution in [0.25, 0.3) is 0 Å². The Hall–Kier alpha value is -0.940. The highest BCUT2D eigenvalue weighted by Crippen LogP contribution is 2.09. The minimum absolute atomic E-state index is 0.339. The first kappa shape index (κ1) is 16.1. The Morgan fingerprint density at radius 1 is 1.26 bits per heavy atom. The molecule has 0 spiro atoms. The highest BCUT2D eigenvalue weighted by Gasteiger charge is 2.06. The van der Waals surface area contributed by atoms with Gasteiger partial charge in [0.05, 0.1) is 12.7 Å². The third-order valence-corrected chi connectivity index (χ3v) is 2.85. The maximum Gasteiger partial charge on any atom is 0.0791 e. The molecule has 1 aromatic carbocycles. The van der Waals surface area contributed by atoms with Crippen LogP contribution in [0.3, 0.4) is 0 Å². The lowest BCUT2D eigenvalue weighted by atomic mass is 10.1. The molecule has 0 fully saturated rings. The predicted molar refractivity (Wildman–Crippen MR) is 78.0 cm³/mol. The van der Waals surface area contributed by atoms with Crippen LogP contribution in [0.5, 0.6) is 0 Å². The summed E-state index contributed by atoms with van der Waals surface area (Å²) in [5.74, 6) is 0. The van der Waals surface area contributed by atoms with Crippen LogP contribution in [0.1, 0.15) is 18.1 Å². The molecule has 19 heavy (non-hydrogen) atoms. The van der Waals surface area contributed by atoms with E-state index in [2.05, 4.69) is 17.4 Å². The van der Waals surface area contributed by atoms with Gasteiger partial charge in [-0.1, -0.05) is 24.3 Å². The summed E-state index contributed by atoms with van der Waals surface area (Å²) >= 11 is 0. The van der Waals surface area contributed by atoms with Crippen molar-refractivity contribution in [1.29, 1.82) is 0 Å². The van der Waals surface area contributed by atoms with Gasteiger partial charge in [-0.15, -0.1) is 0 Å². The number of nitrogens with zero attached hydrogens (tertiary/aromatic N) is 1. The first-order valence-corrected chi connectivity index (χ1v) is 6.81. The number of benzene rings is 1. The maximum atomic E-state index is 9.78. The van der Waals surface area contributed by atoms with Crippen LogP contribution in [0.4, 0.5) is 0 Å². The van der Waals surface area contributed by atoms with Gasteiger partial charge in [0.2, 0.25) is 0 Å². The molecule has 4 heteroatoms. The van der Waals surface area contributed by atoms with Gasteiger partial charge in [0.15, 0.2) is 0 Å². The summed E-state index contributed by atoms with van der Waals surface area (Å²) in [6.07, 6.45) is -0.339. The zero-order chi connectivity index (χ0) is 14.1. The molecular weight excluding hydrogens is 240 g/mol. The number of rotatable bonds is 9. The lowest BCUT2D eigenvalue weighted by Crippen LogP contribution is -2.34. The van der Waals surface area contributed by atoms with Crippen LogP contribution in [-0.2, 0) is 17.9 Å². The average Bonchev–Trinajstić information content (AvgIpc) is 2.36. The summed E-state index contributed by atoms with van der Waals surface area (Å²) in [7, 11) is 3.92. The second-order valence-corrected chi connectivity index (χ2v) is 4.95. The van der Waals surface area contributed by atoms with Crippen molar-refractivity contribution in [2.75, 3.05) is 33.8 Å². The van der Waals surface area contributed by atoms with Gasteiger partial charge < -0.3 is 20.1 Å². The van der Waals surface area contributed by atoms with E-state index in [9.17, 15) is 5.11 Å². The SMILES string of the molecule is CCOCc1ccccc1CNCC(O)CN(C)C. The number of likely N-dealkylation sites (N-methyl/N-ethyl adjacent to an activating group) is 1. The number of ether oxygens (including phenoxy) is 1. The van der Waals surface area contributed by atoms with Gasteiger partial charge in [-0.05, 0) is 32.1 Å². The van der Waals surface area contributed by atoms with E-state index >= 15 is 0 Å². The van der Waals surface area contributed by atoms with E-state index in [0.29, 0.717) is 19.7 Å². The van der Waals surface area contributed by atoms with Crippen LogP contribution in [-0.4, -0.2) is 49.9 Å². The number of aliphatic hydroxyl groups excluding tert-OH is 1. The highest BCUT2D eigenvalue weighted by molar-refractivity contribution is 5.26. The maximum absolute atomic E-state index is 9.78. The lowest BCUT2D eigenvalue weighted by Gasteiger charge is -2.17. The van der Waals surface area contributed by atoms with Crippen molar-refractivity contribution in [3.05, 3.63) is 35.4 Å². The molecule has 108 valence electrons. The van der Waals surface area contributed by atoms with Crippen LogP contribution < -0.4 is 5.32 Å².